The monoisotopic (exact) mass is 265 g/mol. The van der Waals surface area contributed by atoms with Crippen LogP contribution in [-0.4, -0.2) is 39.1 Å². The van der Waals surface area contributed by atoms with Gasteiger partial charge in [-0.3, -0.25) is 10.00 Å². The molecule has 0 fully saturated rings. The van der Waals surface area contributed by atoms with Crippen LogP contribution in [0.5, 0.6) is 0 Å². The van der Waals surface area contributed by atoms with Gasteiger partial charge in [-0.15, -0.1) is 0 Å². The summed E-state index contributed by atoms with van der Waals surface area (Å²) >= 11 is 0. The molecule has 0 aliphatic carbocycles. The van der Waals surface area contributed by atoms with E-state index in [1.807, 2.05) is 5.32 Å². The standard InChI is InChI=1S/C10H14F3N3O2/c1-9(8(17)18,10(11,12)13)14-5-3-7-4-6-15-16(7)2/h4,6,14H,3,5H2,1-2H3,(H,17,18). The third-order valence-corrected chi connectivity index (χ3v) is 2.78. The maximum atomic E-state index is 12.6. The summed E-state index contributed by atoms with van der Waals surface area (Å²) < 4.78 is 39.4. The molecule has 0 bridgehead atoms. The Morgan fingerprint density at radius 3 is 2.56 bits per heavy atom. The number of aliphatic carboxylic acids is 1. The van der Waals surface area contributed by atoms with Crippen LogP contribution in [0, 0.1) is 0 Å². The lowest BCUT2D eigenvalue weighted by Crippen LogP contribution is -2.60. The lowest BCUT2D eigenvalue weighted by Gasteiger charge is -2.28. The van der Waals surface area contributed by atoms with E-state index in [4.69, 9.17) is 5.11 Å². The van der Waals surface area contributed by atoms with Gasteiger partial charge in [-0.1, -0.05) is 0 Å². The van der Waals surface area contributed by atoms with Crippen molar-refractivity contribution >= 4 is 5.97 Å². The van der Waals surface area contributed by atoms with Gasteiger partial charge < -0.3 is 5.11 Å². The fraction of sp³-hybridized carbons (Fsp3) is 0.600. The molecule has 0 aromatic carbocycles. The number of rotatable bonds is 5. The number of hydrogen-bond donors (Lipinski definition) is 2. The van der Waals surface area contributed by atoms with Gasteiger partial charge in [0.1, 0.15) is 0 Å². The molecule has 1 rings (SSSR count). The van der Waals surface area contributed by atoms with Gasteiger partial charge in [0.15, 0.2) is 0 Å². The third kappa shape index (κ3) is 2.81. The van der Waals surface area contributed by atoms with Crippen LogP contribution in [0.3, 0.4) is 0 Å². The molecule has 0 aliphatic rings. The van der Waals surface area contributed by atoms with Gasteiger partial charge in [-0.05, 0) is 13.0 Å². The molecule has 0 saturated carbocycles. The zero-order valence-corrected chi connectivity index (χ0v) is 9.95. The highest BCUT2D eigenvalue weighted by atomic mass is 19.4. The van der Waals surface area contributed by atoms with E-state index in [1.54, 1.807) is 13.1 Å². The number of aryl methyl sites for hydroxylation is 1. The van der Waals surface area contributed by atoms with Crippen LogP contribution in [0.4, 0.5) is 13.2 Å². The quantitative estimate of drug-likeness (QED) is 0.832. The average molecular weight is 265 g/mol. The first kappa shape index (κ1) is 14.5. The van der Waals surface area contributed by atoms with Crippen molar-refractivity contribution in [1.82, 2.24) is 15.1 Å². The predicted molar refractivity (Wildman–Crippen MR) is 57.0 cm³/mol. The van der Waals surface area contributed by atoms with Crippen molar-refractivity contribution in [2.75, 3.05) is 6.54 Å². The molecule has 8 heteroatoms. The van der Waals surface area contributed by atoms with Crippen LogP contribution in [0.2, 0.25) is 0 Å². The van der Waals surface area contributed by atoms with E-state index in [2.05, 4.69) is 5.10 Å². The van der Waals surface area contributed by atoms with Gasteiger partial charge in [-0.25, -0.2) is 4.79 Å². The summed E-state index contributed by atoms with van der Waals surface area (Å²) in [6.07, 6.45) is -3.07. The smallest absolute Gasteiger partial charge is 0.417 e. The molecule has 2 N–H and O–H groups in total. The molecule has 0 aliphatic heterocycles. The van der Waals surface area contributed by atoms with E-state index in [9.17, 15) is 18.0 Å². The Kier molecular flexibility index (Phi) is 4.00. The Hall–Kier alpha value is -1.57. The maximum absolute atomic E-state index is 12.6. The van der Waals surface area contributed by atoms with Crippen LogP contribution < -0.4 is 5.32 Å². The number of hydrogen-bond acceptors (Lipinski definition) is 3. The SMILES string of the molecule is Cn1nccc1CCNC(C)(C(=O)O)C(F)(F)F. The Balaban J connectivity index is 2.65. The van der Waals surface area contributed by atoms with E-state index < -0.39 is 17.7 Å². The highest BCUT2D eigenvalue weighted by molar-refractivity contribution is 5.79. The number of aromatic nitrogens is 2. The second-order valence-corrected chi connectivity index (χ2v) is 4.05. The van der Waals surface area contributed by atoms with Gasteiger partial charge in [0, 0.05) is 31.9 Å². The van der Waals surface area contributed by atoms with Crippen LogP contribution >= 0.6 is 0 Å². The first-order chi connectivity index (χ1) is 8.18. The van der Waals surface area contributed by atoms with Gasteiger partial charge in [0.05, 0.1) is 0 Å². The van der Waals surface area contributed by atoms with Gasteiger partial charge in [-0.2, -0.15) is 18.3 Å². The number of nitrogens with zero attached hydrogens (tertiary/aromatic N) is 2. The van der Waals surface area contributed by atoms with Crippen molar-refractivity contribution in [3.05, 3.63) is 18.0 Å². The molecule has 1 aromatic heterocycles. The summed E-state index contributed by atoms with van der Waals surface area (Å²) in [5.41, 5.74) is -2.22. The van der Waals surface area contributed by atoms with E-state index in [0.29, 0.717) is 6.92 Å². The van der Waals surface area contributed by atoms with E-state index in [1.165, 1.54) is 10.9 Å². The first-order valence-corrected chi connectivity index (χ1v) is 5.20. The molecular weight excluding hydrogens is 251 g/mol. The molecule has 1 aromatic rings. The summed E-state index contributed by atoms with van der Waals surface area (Å²) in [5.74, 6) is -1.94. The summed E-state index contributed by atoms with van der Waals surface area (Å²) in [6, 6.07) is 1.66. The summed E-state index contributed by atoms with van der Waals surface area (Å²) in [7, 11) is 1.66. The molecule has 5 nitrogen and oxygen atoms in total. The van der Waals surface area contributed by atoms with E-state index >= 15 is 0 Å². The fourth-order valence-electron chi connectivity index (χ4n) is 1.38. The zero-order chi connectivity index (χ0) is 14.0. The molecule has 1 heterocycles. The lowest BCUT2D eigenvalue weighted by atomic mass is 10.0. The minimum Gasteiger partial charge on any atom is -0.480 e. The number of carbonyl (C=O) groups is 1. The maximum Gasteiger partial charge on any atom is 0.417 e. The third-order valence-electron chi connectivity index (χ3n) is 2.78. The molecule has 0 spiro atoms. The second-order valence-electron chi connectivity index (χ2n) is 4.05. The molecule has 0 saturated heterocycles. The minimum absolute atomic E-state index is 0.109. The number of alkyl halides is 3. The van der Waals surface area contributed by atoms with Crippen LogP contribution in [-0.2, 0) is 18.3 Å². The zero-order valence-electron chi connectivity index (χ0n) is 9.95. The number of halogens is 3. The first-order valence-electron chi connectivity index (χ1n) is 5.20. The Labute approximate surface area is 102 Å². The topological polar surface area (TPSA) is 67.2 Å². The van der Waals surface area contributed by atoms with E-state index in [-0.39, 0.29) is 13.0 Å². The second kappa shape index (κ2) is 4.97. The van der Waals surface area contributed by atoms with Crippen molar-refractivity contribution in [2.24, 2.45) is 7.05 Å². The Morgan fingerprint density at radius 2 is 2.17 bits per heavy atom. The normalized spacial score (nSPS) is 15.4. The molecular formula is C10H14F3N3O2. The largest absolute Gasteiger partial charge is 0.480 e. The van der Waals surface area contributed by atoms with Crippen LogP contribution in [0.1, 0.15) is 12.6 Å². The number of carboxylic acids is 1. The molecule has 18 heavy (non-hydrogen) atoms. The Bertz CT molecular complexity index is 430. The molecule has 0 amide bonds. The van der Waals surface area contributed by atoms with Crippen molar-refractivity contribution in [1.29, 1.82) is 0 Å². The van der Waals surface area contributed by atoms with Gasteiger partial charge in [0.2, 0.25) is 5.54 Å². The van der Waals surface area contributed by atoms with E-state index in [0.717, 1.165) is 5.69 Å². The summed E-state index contributed by atoms with van der Waals surface area (Å²) in [5, 5.41) is 14.6. The summed E-state index contributed by atoms with van der Waals surface area (Å²) in [4.78, 5) is 10.7. The molecule has 1 atom stereocenters. The predicted octanol–water partition coefficient (Wildman–Crippen LogP) is 0.958. The number of nitrogens with one attached hydrogen (secondary N) is 1. The summed E-state index contributed by atoms with van der Waals surface area (Å²) in [6.45, 7) is 0.500. The van der Waals surface area contributed by atoms with Crippen LogP contribution in [0.15, 0.2) is 12.3 Å². The highest BCUT2D eigenvalue weighted by Gasteiger charge is 2.56. The van der Waals surface area contributed by atoms with Crippen molar-refractivity contribution in [2.45, 2.75) is 25.1 Å². The highest BCUT2D eigenvalue weighted by Crippen LogP contribution is 2.30. The van der Waals surface area contributed by atoms with Crippen molar-refractivity contribution < 1.29 is 23.1 Å². The molecule has 0 radical (unpaired) electrons. The average Bonchev–Trinajstić information content (AvgIpc) is 2.62. The molecule has 102 valence electrons. The van der Waals surface area contributed by atoms with Crippen LogP contribution in [0.25, 0.3) is 0 Å². The van der Waals surface area contributed by atoms with Crippen molar-refractivity contribution in [3.8, 4) is 0 Å². The minimum atomic E-state index is -4.86. The number of carboxylic acid groups (broad SMARTS) is 1. The lowest BCUT2D eigenvalue weighted by molar-refractivity contribution is -0.205. The fourth-order valence-corrected chi connectivity index (χ4v) is 1.38. The van der Waals surface area contributed by atoms with Gasteiger partial charge in [0.25, 0.3) is 0 Å². The molecule has 1 unspecified atom stereocenters. The van der Waals surface area contributed by atoms with Gasteiger partial charge >= 0.3 is 12.1 Å². The Morgan fingerprint density at radius 1 is 1.56 bits per heavy atom. The van der Waals surface area contributed by atoms with Crippen molar-refractivity contribution in [3.63, 3.8) is 0 Å².